The lowest BCUT2D eigenvalue weighted by Crippen LogP contribution is -2.33. The largest absolute Gasteiger partial charge is 0.328 e. The Morgan fingerprint density at radius 3 is 3.00 bits per heavy atom. The SMILES string of the molecule is CC1(F)C=C(F)CC=C2CCC[C@H](N)CC21. The van der Waals surface area contributed by atoms with Crippen LogP contribution in [0.5, 0.6) is 0 Å². The van der Waals surface area contributed by atoms with Gasteiger partial charge in [0.1, 0.15) is 11.5 Å². The van der Waals surface area contributed by atoms with Crippen LogP contribution in [0.2, 0.25) is 0 Å². The fourth-order valence-electron chi connectivity index (χ4n) is 2.85. The van der Waals surface area contributed by atoms with Gasteiger partial charge in [0, 0.05) is 18.4 Å². The lowest BCUT2D eigenvalue weighted by atomic mass is 9.81. The van der Waals surface area contributed by atoms with Gasteiger partial charge in [-0.1, -0.05) is 11.6 Å². The molecule has 0 aromatic heterocycles. The second-order valence-corrected chi connectivity index (χ2v) is 5.17. The van der Waals surface area contributed by atoms with Gasteiger partial charge in [0.25, 0.3) is 0 Å². The van der Waals surface area contributed by atoms with E-state index in [1.165, 1.54) is 6.92 Å². The molecule has 2 rings (SSSR count). The van der Waals surface area contributed by atoms with Crippen molar-refractivity contribution in [1.29, 1.82) is 0 Å². The Bertz CT molecular complexity index is 331. The number of fused-ring (bicyclic) bond motifs is 1. The molecule has 0 bridgehead atoms. The number of hydrogen-bond donors (Lipinski definition) is 1. The van der Waals surface area contributed by atoms with Crippen molar-refractivity contribution in [3.8, 4) is 0 Å². The zero-order valence-corrected chi connectivity index (χ0v) is 9.68. The summed E-state index contributed by atoms with van der Waals surface area (Å²) in [5.74, 6) is -0.600. The van der Waals surface area contributed by atoms with Gasteiger partial charge in [-0.15, -0.1) is 0 Å². The van der Waals surface area contributed by atoms with Gasteiger partial charge in [-0.3, -0.25) is 0 Å². The molecule has 1 nitrogen and oxygen atoms in total. The van der Waals surface area contributed by atoms with Crippen LogP contribution in [0, 0.1) is 5.92 Å². The molecule has 3 atom stereocenters. The van der Waals surface area contributed by atoms with Crippen LogP contribution < -0.4 is 5.73 Å². The van der Waals surface area contributed by atoms with E-state index in [0.717, 1.165) is 30.9 Å². The van der Waals surface area contributed by atoms with Crippen molar-refractivity contribution < 1.29 is 8.78 Å². The highest BCUT2D eigenvalue weighted by molar-refractivity contribution is 5.25. The first kappa shape index (κ1) is 11.8. The maximum Gasteiger partial charge on any atom is 0.135 e. The van der Waals surface area contributed by atoms with Crippen LogP contribution in [-0.2, 0) is 0 Å². The molecule has 1 saturated carbocycles. The van der Waals surface area contributed by atoms with E-state index in [0.29, 0.717) is 6.42 Å². The molecule has 2 unspecified atom stereocenters. The fourth-order valence-corrected chi connectivity index (χ4v) is 2.85. The van der Waals surface area contributed by atoms with E-state index >= 15 is 0 Å². The Morgan fingerprint density at radius 1 is 1.50 bits per heavy atom. The summed E-state index contributed by atoms with van der Waals surface area (Å²) in [6.07, 6.45) is 6.65. The van der Waals surface area contributed by atoms with E-state index in [4.69, 9.17) is 5.73 Å². The Labute approximate surface area is 95.4 Å². The number of halogens is 2. The first-order valence-corrected chi connectivity index (χ1v) is 5.99. The number of alkyl halides is 1. The maximum absolute atomic E-state index is 14.5. The minimum atomic E-state index is -1.59. The third kappa shape index (κ3) is 2.34. The summed E-state index contributed by atoms with van der Waals surface area (Å²) in [6, 6.07) is 0.0422. The third-order valence-corrected chi connectivity index (χ3v) is 3.71. The summed E-state index contributed by atoms with van der Waals surface area (Å²) >= 11 is 0. The van der Waals surface area contributed by atoms with Crippen LogP contribution in [0.3, 0.4) is 0 Å². The first-order chi connectivity index (χ1) is 7.49. The van der Waals surface area contributed by atoms with Crippen molar-refractivity contribution in [3.63, 3.8) is 0 Å². The molecule has 16 heavy (non-hydrogen) atoms. The van der Waals surface area contributed by atoms with Crippen molar-refractivity contribution in [2.75, 3.05) is 0 Å². The zero-order valence-electron chi connectivity index (χ0n) is 9.68. The van der Waals surface area contributed by atoms with Crippen LogP contribution in [0.4, 0.5) is 8.78 Å². The zero-order chi connectivity index (χ0) is 11.8. The van der Waals surface area contributed by atoms with E-state index in [9.17, 15) is 8.78 Å². The number of hydrogen-bond acceptors (Lipinski definition) is 1. The molecule has 90 valence electrons. The minimum absolute atomic E-state index is 0.0422. The topological polar surface area (TPSA) is 26.0 Å². The monoisotopic (exact) mass is 227 g/mol. The van der Waals surface area contributed by atoms with E-state index in [1.807, 2.05) is 6.08 Å². The molecule has 0 saturated heterocycles. The molecular formula is C13H19F2N. The van der Waals surface area contributed by atoms with Gasteiger partial charge in [0.05, 0.1) is 0 Å². The molecule has 0 amide bonds. The smallest absolute Gasteiger partial charge is 0.135 e. The predicted molar refractivity (Wildman–Crippen MR) is 61.3 cm³/mol. The van der Waals surface area contributed by atoms with E-state index in [1.54, 1.807) is 0 Å². The van der Waals surface area contributed by atoms with Crippen molar-refractivity contribution in [2.45, 2.75) is 50.7 Å². The van der Waals surface area contributed by atoms with E-state index < -0.39 is 5.67 Å². The van der Waals surface area contributed by atoms with Crippen LogP contribution >= 0.6 is 0 Å². The highest BCUT2D eigenvalue weighted by atomic mass is 19.1. The van der Waals surface area contributed by atoms with Gasteiger partial charge in [-0.2, -0.15) is 0 Å². The molecule has 0 aromatic carbocycles. The highest BCUT2D eigenvalue weighted by Gasteiger charge is 2.38. The van der Waals surface area contributed by atoms with Gasteiger partial charge >= 0.3 is 0 Å². The Morgan fingerprint density at radius 2 is 2.25 bits per heavy atom. The second-order valence-electron chi connectivity index (χ2n) is 5.17. The lowest BCUT2D eigenvalue weighted by Gasteiger charge is -2.29. The van der Waals surface area contributed by atoms with Gasteiger partial charge in [0.15, 0.2) is 0 Å². The van der Waals surface area contributed by atoms with E-state index in [2.05, 4.69) is 0 Å². The normalized spacial score (nSPS) is 40.2. The summed E-state index contributed by atoms with van der Waals surface area (Å²) in [5.41, 5.74) is 5.41. The van der Waals surface area contributed by atoms with Crippen LogP contribution in [0.15, 0.2) is 23.6 Å². The summed E-state index contributed by atoms with van der Waals surface area (Å²) in [4.78, 5) is 0. The van der Waals surface area contributed by atoms with E-state index in [-0.39, 0.29) is 24.2 Å². The molecule has 0 heterocycles. The summed E-state index contributed by atoms with van der Waals surface area (Å²) in [5, 5.41) is 0. The van der Waals surface area contributed by atoms with Gasteiger partial charge in [0.2, 0.25) is 0 Å². The average Bonchev–Trinajstić information content (AvgIpc) is 2.41. The second kappa shape index (κ2) is 4.28. The van der Waals surface area contributed by atoms with Crippen molar-refractivity contribution in [2.24, 2.45) is 11.7 Å². The third-order valence-electron chi connectivity index (χ3n) is 3.71. The molecule has 2 N–H and O–H groups in total. The van der Waals surface area contributed by atoms with Crippen molar-refractivity contribution in [1.82, 2.24) is 0 Å². The predicted octanol–water partition coefficient (Wildman–Crippen LogP) is 3.42. The average molecular weight is 227 g/mol. The van der Waals surface area contributed by atoms with Crippen LogP contribution in [-0.4, -0.2) is 11.7 Å². The first-order valence-electron chi connectivity index (χ1n) is 5.99. The Balaban J connectivity index is 2.33. The standard InChI is InChI=1S/C13H19F2N/c1-13(15)8-10(14)6-5-9-3-2-4-11(16)7-12(9)13/h5,8,11-12H,2-4,6-7,16H2,1H3/t11-,12?,13?/m0/s1. The number of nitrogens with two attached hydrogens (primary N) is 1. The molecular weight excluding hydrogens is 208 g/mol. The summed E-state index contributed by atoms with van der Waals surface area (Å²) < 4.78 is 27.8. The van der Waals surface area contributed by atoms with Crippen molar-refractivity contribution in [3.05, 3.63) is 23.6 Å². The molecule has 0 spiro atoms. The minimum Gasteiger partial charge on any atom is -0.328 e. The number of rotatable bonds is 0. The molecule has 3 heteroatoms. The van der Waals surface area contributed by atoms with Crippen LogP contribution in [0.1, 0.15) is 39.0 Å². The number of allylic oxidation sites excluding steroid dienone is 4. The lowest BCUT2D eigenvalue weighted by molar-refractivity contribution is 0.168. The molecule has 0 aromatic rings. The highest BCUT2D eigenvalue weighted by Crippen LogP contribution is 2.41. The quantitative estimate of drug-likeness (QED) is 0.630. The van der Waals surface area contributed by atoms with Gasteiger partial charge in [-0.25, -0.2) is 8.78 Å². The molecule has 2 aliphatic rings. The molecule has 1 fully saturated rings. The van der Waals surface area contributed by atoms with Crippen molar-refractivity contribution >= 4 is 0 Å². The fraction of sp³-hybridized carbons (Fsp3) is 0.692. The summed E-state index contributed by atoms with van der Waals surface area (Å²) in [7, 11) is 0. The van der Waals surface area contributed by atoms with Gasteiger partial charge in [-0.05, 0) is 38.7 Å². The Hall–Kier alpha value is -0.700. The van der Waals surface area contributed by atoms with Gasteiger partial charge < -0.3 is 5.73 Å². The Kier molecular flexibility index (Phi) is 3.15. The maximum atomic E-state index is 14.5. The van der Waals surface area contributed by atoms with Crippen LogP contribution in [0.25, 0.3) is 0 Å². The molecule has 0 aliphatic heterocycles. The summed E-state index contributed by atoms with van der Waals surface area (Å²) in [6.45, 7) is 1.47. The molecule has 0 radical (unpaired) electrons. The molecule has 2 aliphatic carbocycles.